The quantitative estimate of drug-likeness (QED) is 0.856. The van der Waals surface area contributed by atoms with Crippen molar-refractivity contribution in [1.29, 1.82) is 0 Å². The van der Waals surface area contributed by atoms with Crippen LogP contribution >= 0.6 is 0 Å². The van der Waals surface area contributed by atoms with Crippen LogP contribution in [0.15, 0.2) is 42.7 Å². The summed E-state index contributed by atoms with van der Waals surface area (Å²) in [7, 11) is 0. The molecule has 1 atom stereocenters. The Balaban J connectivity index is 2.00. The van der Waals surface area contributed by atoms with Gasteiger partial charge in [0.05, 0.1) is 17.6 Å². The van der Waals surface area contributed by atoms with Gasteiger partial charge in [-0.1, -0.05) is 26.0 Å². The lowest BCUT2D eigenvalue weighted by Gasteiger charge is -2.33. The molecule has 5 nitrogen and oxygen atoms in total. The fraction of sp³-hybridized carbons (Fsp3) is 0.412. The van der Waals surface area contributed by atoms with Crippen LogP contribution in [0.5, 0.6) is 0 Å². The second-order valence-electron chi connectivity index (χ2n) is 6.12. The zero-order valence-electron chi connectivity index (χ0n) is 13.4. The van der Waals surface area contributed by atoms with Gasteiger partial charge in [-0.2, -0.15) is 5.10 Å². The molecule has 1 aromatic carbocycles. The lowest BCUT2D eigenvalue weighted by Crippen LogP contribution is -2.55. The Morgan fingerprint density at radius 1 is 1.36 bits per heavy atom. The van der Waals surface area contributed by atoms with Crippen LogP contribution in [0.2, 0.25) is 0 Å². The van der Waals surface area contributed by atoms with E-state index >= 15 is 0 Å². The van der Waals surface area contributed by atoms with Crippen LogP contribution in [0.25, 0.3) is 5.69 Å². The number of benzene rings is 1. The van der Waals surface area contributed by atoms with Crippen molar-refractivity contribution in [1.82, 2.24) is 15.1 Å². The first kappa shape index (κ1) is 16.2. The molecule has 0 saturated carbocycles. The van der Waals surface area contributed by atoms with Crippen LogP contribution in [-0.4, -0.2) is 27.8 Å². The van der Waals surface area contributed by atoms with E-state index in [1.807, 2.05) is 43.5 Å². The number of rotatable bonds is 6. The maximum atomic E-state index is 12.2. The highest BCUT2D eigenvalue weighted by atomic mass is 16.1. The van der Waals surface area contributed by atoms with E-state index in [2.05, 4.69) is 24.3 Å². The molecular weight excluding hydrogens is 276 g/mol. The predicted molar refractivity (Wildman–Crippen MR) is 87.7 cm³/mol. The first-order chi connectivity index (χ1) is 10.4. The van der Waals surface area contributed by atoms with Crippen molar-refractivity contribution in [3.8, 4) is 5.69 Å². The molecular formula is C17H24N4O. The fourth-order valence-electron chi connectivity index (χ4n) is 2.17. The topological polar surface area (TPSA) is 72.9 Å². The Kier molecular flexibility index (Phi) is 4.98. The van der Waals surface area contributed by atoms with E-state index in [4.69, 9.17) is 5.73 Å². The molecule has 1 heterocycles. The van der Waals surface area contributed by atoms with E-state index in [1.165, 1.54) is 0 Å². The smallest absolute Gasteiger partial charge is 0.224 e. The molecule has 0 aliphatic heterocycles. The van der Waals surface area contributed by atoms with Gasteiger partial charge in [-0.15, -0.1) is 0 Å². The summed E-state index contributed by atoms with van der Waals surface area (Å²) in [6, 6.07) is 9.69. The molecule has 0 saturated heterocycles. The fourth-order valence-corrected chi connectivity index (χ4v) is 2.17. The summed E-state index contributed by atoms with van der Waals surface area (Å²) in [5.74, 6) is 0.275. The molecule has 1 amide bonds. The molecule has 2 aromatic rings. The summed E-state index contributed by atoms with van der Waals surface area (Å²) >= 11 is 0. The number of carbonyl (C=O) groups is 1. The molecule has 118 valence electrons. The largest absolute Gasteiger partial charge is 0.349 e. The van der Waals surface area contributed by atoms with Gasteiger partial charge in [0.15, 0.2) is 0 Å². The number of aromatic nitrogens is 2. The average molecular weight is 300 g/mol. The van der Waals surface area contributed by atoms with Crippen molar-refractivity contribution in [2.24, 2.45) is 11.7 Å². The molecule has 0 bridgehead atoms. The van der Waals surface area contributed by atoms with Gasteiger partial charge in [0.2, 0.25) is 5.91 Å². The number of amides is 1. The second-order valence-corrected chi connectivity index (χ2v) is 6.12. The molecule has 5 heteroatoms. The Bertz CT molecular complexity index is 604. The predicted octanol–water partition coefficient (Wildman–Crippen LogP) is 1.90. The van der Waals surface area contributed by atoms with Gasteiger partial charge in [-0.25, -0.2) is 4.68 Å². The van der Waals surface area contributed by atoms with Gasteiger partial charge in [-0.3, -0.25) is 4.79 Å². The third-order valence-electron chi connectivity index (χ3n) is 4.19. The van der Waals surface area contributed by atoms with Crippen molar-refractivity contribution in [2.75, 3.05) is 6.54 Å². The zero-order valence-corrected chi connectivity index (χ0v) is 13.4. The Morgan fingerprint density at radius 3 is 2.55 bits per heavy atom. The van der Waals surface area contributed by atoms with Crippen molar-refractivity contribution in [2.45, 2.75) is 32.7 Å². The zero-order chi connectivity index (χ0) is 16.2. The number of hydrogen-bond acceptors (Lipinski definition) is 3. The van der Waals surface area contributed by atoms with E-state index in [1.54, 1.807) is 10.9 Å². The molecule has 0 radical (unpaired) electrons. The van der Waals surface area contributed by atoms with Gasteiger partial charge < -0.3 is 11.1 Å². The van der Waals surface area contributed by atoms with E-state index < -0.39 is 0 Å². The summed E-state index contributed by atoms with van der Waals surface area (Å²) in [4.78, 5) is 12.2. The Labute approximate surface area is 131 Å². The summed E-state index contributed by atoms with van der Waals surface area (Å²) in [6.45, 7) is 6.53. The monoisotopic (exact) mass is 300 g/mol. The van der Waals surface area contributed by atoms with Crippen molar-refractivity contribution in [3.05, 3.63) is 48.3 Å². The molecule has 0 aliphatic rings. The number of nitrogens with one attached hydrogen (secondary N) is 1. The lowest BCUT2D eigenvalue weighted by atomic mass is 9.88. The van der Waals surface area contributed by atoms with Crippen LogP contribution in [-0.2, 0) is 11.2 Å². The van der Waals surface area contributed by atoms with Gasteiger partial charge in [0, 0.05) is 18.9 Å². The summed E-state index contributed by atoms with van der Waals surface area (Å²) in [6.07, 6.45) is 3.97. The molecule has 3 N–H and O–H groups in total. The lowest BCUT2D eigenvalue weighted by molar-refractivity contribution is -0.122. The van der Waals surface area contributed by atoms with Crippen LogP contribution in [0.4, 0.5) is 0 Å². The maximum absolute atomic E-state index is 12.2. The summed E-state index contributed by atoms with van der Waals surface area (Å²) < 4.78 is 1.79. The minimum absolute atomic E-state index is 0.00603. The first-order valence-electron chi connectivity index (χ1n) is 7.54. The molecule has 0 aliphatic carbocycles. The average Bonchev–Trinajstić information content (AvgIpc) is 3.01. The normalized spacial score (nSPS) is 13.9. The molecule has 2 rings (SSSR count). The molecule has 22 heavy (non-hydrogen) atoms. The first-order valence-corrected chi connectivity index (χ1v) is 7.54. The van der Waals surface area contributed by atoms with E-state index in [0.29, 0.717) is 13.0 Å². The number of carbonyl (C=O) groups excluding carboxylic acids is 1. The minimum Gasteiger partial charge on any atom is -0.349 e. The maximum Gasteiger partial charge on any atom is 0.224 e. The van der Waals surface area contributed by atoms with E-state index in [0.717, 1.165) is 11.3 Å². The van der Waals surface area contributed by atoms with Crippen molar-refractivity contribution < 1.29 is 4.79 Å². The molecule has 0 fully saturated rings. The molecule has 1 unspecified atom stereocenters. The van der Waals surface area contributed by atoms with Gasteiger partial charge >= 0.3 is 0 Å². The Hall–Kier alpha value is -2.14. The molecule has 1 aromatic heterocycles. The van der Waals surface area contributed by atoms with Crippen LogP contribution in [0.1, 0.15) is 26.3 Å². The van der Waals surface area contributed by atoms with Gasteiger partial charge in [0.1, 0.15) is 0 Å². The van der Waals surface area contributed by atoms with Crippen molar-refractivity contribution >= 4 is 5.91 Å². The van der Waals surface area contributed by atoms with Crippen LogP contribution in [0, 0.1) is 5.92 Å². The number of hydrogen-bond donors (Lipinski definition) is 2. The van der Waals surface area contributed by atoms with Crippen LogP contribution in [0.3, 0.4) is 0 Å². The summed E-state index contributed by atoms with van der Waals surface area (Å²) in [5, 5.41) is 7.23. The van der Waals surface area contributed by atoms with Crippen LogP contribution < -0.4 is 11.1 Å². The number of nitrogens with two attached hydrogens (primary N) is 1. The standard InChI is InChI=1S/C17H24N4O/c1-13(2)17(3,12-18)20-16(22)11-14-5-7-15(8-6-14)21-10-4-9-19-21/h4-10,13H,11-12,18H2,1-3H3,(H,20,22). The minimum atomic E-state index is -0.369. The Morgan fingerprint density at radius 2 is 2.05 bits per heavy atom. The SMILES string of the molecule is CC(C)C(C)(CN)NC(=O)Cc1ccc(-n2cccn2)cc1. The third-order valence-corrected chi connectivity index (χ3v) is 4.19. The van der Waals surface area contributed by atoms with Crippen molar-refractivity contribution in [3.63, 3.8) is 0 Å². The second kappa shape index (κ2) is 6.75. The van der Waals surface area contributed by atoms with E-state index in [-0.39, 0.29) is 17.4 Å². The highest BCUT2D eigenvalue weighted by Gasteiger charge is 2.28. The highest BCUT2D eigenvalue weighted by molar-refractivity contribution is 5.79. The van der Waals surface area contributed by atoms with Gasteiger partial charge in [0.25, 0.3) is 0 Å². The highest BCUT2D eigenvalue weighted by Crippen LogP contribution is 2.15. The third kappa shape index (κ3) is 3.74. The molecule has 0 spiro atoms. The number of nitrogens with zero attached hydrogens (tertiary/aromatic N) is 2. The summed E-state index contributed by atoms with van der Waals surface area (Å²) in [5.41, 5.74) is 7.37. The van der Waals surface area contributed by atoms with Gasteiger partial charge in [-0.05, 0) is 36.6 Å². The van der Waals surface area contributed by atoms with E-state index in [9.17, 15) is 4.79 Å².